The second-order valence-electron chi connectivity index (χ2n) is 3.66. The molecular weight excluding hydrogens is 250 g/mol. The topological polar surface area (TPSA) is 21.3 Å². The fraction of sp³-hybridized carbons (Fsp3) is 0.538. The van der Waals surface area contributed by atoms with E-state index in [1.54, 1.807) is 7.11 Å². The molecule has 0 unspecified atom stereocenters. The molecule has 0 saturated heterocycles. The Morgan fingerprint density at radius 2 is 2.18 bits per heavy atom. The van der Waals surface area contributed by atoms with E-state index in [-0.39, 0.29) is 0 Å². The summed E-state index contributed by atoms with van der Waals surface area (Å²) in [6.45, 7) is 2.59. The molecule has 0 aliphatic carbocycles. The second-order valence-corrected chi connectivity index (χ2v) is 5.81. The van der Waals surface area contributed by atoms with Crippen molar-refractivity contribution in [3.05, 3.63) is 29.8 Å². The van der Waals surface area contributed by atoms with Crippen LogP contribution in [-0.4, -0.2) is 38.0 Å². The van der Waals surface area contributed by atoms with Crippen LogP contribution >= 0.6 is 23.5 Å². The molecule has 1 rings (SSSR count). The Morgan fingerprint density at radius 3 is 2.94 bits per heavy atom. The normalized spacial score (nSPS) is 10.7. The first-order valence-corrected chi connectivity index (χ1v) is 8.15. The molecule has 0 aliphatic heterocycles. The van der Waals surface area contributed by atoms with E-state index in [4.69, 9.17) is 4.74 Å². The molecule has 0 saturated carbocycles. The summed E-state index contributed by atoms with van der Waals surface area (Å²) in [6.07, 6.45) is 2.15. The third kappa shape index (κ3) is 6.99. The number of rotatable bonds is 9. The van der Waals surface area contributed by atoms with Crippen LogP contribution in [0, 0.1) is 0 Å². The van der Waals surface area contributed by atoms with Crippen molar-refractivity contribution in [2.45, 2.75) is 11.4 Å². The zero-order valence-corrected chi connectivity index (χ0v) is 12.2. The molecule has 1 aromatic rings. The lowest BCUT2D eigenvalue weighted by Crippen LogP contribution is -2.18. The minimum atomic E-state index is 0.766. The SMILES string of the molecule is COCCNCc1cccc(SCCSC)c1. The van der Waals surface area contributed by atoms with Crippen LogP contribution in [-0.2, 0) is 11.3 Å². The Hall–Kier alpha value is -0.160. The zero-order chi connectivity index (χ0) is 12.3. The summed E-state index contributed by atoms with van der Waals surface area (Å²) in [7, 11) is 1.73. The minimum Gasteiger partial charge on any atom is -0.383 e. The predicted octanol–water partition coefficient (Wildman–Crippen LogP) is 2.88. The van der Waals surface area contributed by atoms with Crippen LogP contribution in [0.5, 0.6) is 0 Å². The number of hydrogen-bond donors (Lipinski definition) is 1. The van der Waals surface area contributed by atoms with E-state index >= 15 is 0 Å². The molecule has 0 amide bonds. The Bertz CT molecular complexity index is 307. The van der Waals surface area contributed by atoms with Gasteiger partial charge in [-0.3, -0.25) is 0 Å². The van der Waals surface area contributed by atoms with E-state index in [0.717, 1.165) is 19.7 Å². The predicted molar refractivity (Wildman–Crippen MR) is 79.1 cm³/mol. The van der Waals surface area contributed by atoms with Gasteiger partial charge in [-0.15, -0.1) is 11.8 Å². The molecule has 1 aromatic carbocycles. The van der Waals surface area contributed by atoms with Gasteiger partial charge in [-0.25, -0.2) is 0 Å². The van der Waals surface area contributed by atoms with Crippen molar-refractivity contribution in [2.24, 2.45) is 0 Å². The first kappa shape index (κ1) is 14.9. The highest BCUT2D eigenvalue weighted by Crippen LogP contribution is 2.19. The van der Waals surface area contributed by atoms with Gasteiger partial charge in [-0.05, 0) is 24.0 Å². The lowest BCUT2D eigenvalue weighted by atomic mass is 10.2. The Morgan fingerprint density at radius 1 is 1.29 bits per heavy atom. The highest BCUT2D eigenvalue weighted by molar-refractivity contribution is 8.02. The monoisotopic (exact) mass is 271 g/mol. The van der Waals surface area contributed by atoms with E-state index in [0.29, 0.717) is 0 Å². The number of hydrogen-bond acceptors (Lipinski definition) is 4. The molecule has 2 nitrogen and oxygen atoms in total. The van der Waals surface area contributed by atoms with Crippen molar-refractivity contribution < 1.29 is 4.74 Å². The Kier molecular flexibility index (Phi) is 8.61. The Labute approximate surface area is 113 Å². The summed E-state index contributed by atoms with van der Waals surface area (Å²) < 4.78 is 5.00. The third-order valence-electron chi connectivity index (χ3n) is 2.27. The van der Waals surface area contributed by atoms with Crippen molar-refractivity contribution in [1.82, 2.24) is 5.32 Å². The minimum absolute atomic E-state index is 0.766. The molecule has 0 spiro atoms. The molecule has 0 aromatic heterocycles. The molecule has 0 atom stereocenters. The fourth-order valence-electron chi connectivity index (χ4n) is 1.40. The van der Waals surface area contributed by atoms with E-state index < -0.39 is 0 Å². The summed E-state index contributed by atoms with van der Waals surface area (Å²) in [4.78, 5) is 1.37. The van der Waals surface area contributed by atoms with Crippen molar-refractivity contribution in [1.29, 1.82) is 0 Å². The number of nitrogens with one attached hydrogen (secondary N) is 1. The Balaban J connectivity index is 2.31. The maximum Gasteiger partial charge on any atom is 0.0587 e. The van der Waals surface area contributed by atoms with Crippen molar-refractivity contribution in [3.63, 3.8) is 0 Å². The van der Waals surface area contributed by atoms with Gasteiger partial charge in [0.2, 0.25) is 0 Å². The van der Waals surface area contributed by atoms with Gasteiger partial charge in [0, 0.05) is 36.6 Å². The summed E-state index contributed by atoms with van der Waals surface area (Å²) in [5, 5.41) is 3.36. The van der Waals surface area contributed by atoms with Gasteiger partial charge in [-0.1, -0.05) is 12.1 Å². The molecule has 0 heterocycles. The summed E-state index contributed by atoms with van der Waals surface area (Å²) in [5.41, 5.74) is 1.34. The number of methoxy groups -OCH3 is 1. The van der Waals surface area contributed by atoms with Gasteiger partial charge in [0.15, 0.2) is 0 Å². The van der Waals surface area contributed by atoms with Gasteiger partial charge < -0.3 is 10.1 Å². The van der Waals surface area contributed by atoms with E-state index in [2.05, 4.69) is 35.8 Å². The van der Waals surface area contributed by atoms with Crippen LogP contribution in [0.15, 0.2) is 29.2 Å². The second kappa shape index (κ2) is 9.83. The summed E-state index contributed by atoms with van der Waals surface area (Å²) >= 11 is 3.83. The standard InChI is InChI=1S/C13H21NOS2/c1-15-7-6-14-11-12-4-3-5-13(10-12)17-9-8-16-2/h3-5,10,14H,6-9,11H2,1-2H3. The third-order valence-corrected chi connectivity index (χ3v) is 4.13. The largest absolute Gasteiger partial charge is 0.383 e. The quantitative estimate of drug-likeness (QED) is 0.550. The molecule has 4 heteroatoms. The first-order chi connectivity index (χ1) is 8.36. The average Bonchev–Trinajstić information content (AvgIpc) is 2.36. The van der Waals surface area contributed by atoms with E-state index in [1.807, 2.05) is 23.5 Å². The van der Waals surface area contributed by atoms with Crippen molar-refractivity contribution in [3.8, 4) is 0 Å². The number of benzene rings is 1. The van der Waals surface area contributed by atoms with Crippen LogP contribution in [0.25, 0.3) is 0 Å². The number of thioether (sulfide) groups is 2. The first-order valence-electron chi connectivity index (χ1n) is 5.77. The average molecular weight is 271 g/mol. The van der Waals surface area contributed by atoms with Gasteiger partial charge in [-0.2, -0.15) is 11.8 Å². The maximum absolute atomic E-state index is 5.00. The van der Waals surface area contributed by atoms with E-state index in [1.165, 1.54) is 22.0 Å². The smallest absolute Gasteiger partial charge is 0.0587 e. The van der Waals surface area contributed by atoms with Crippen LogP contribution in [0.1, 0.15) is 5.56 Å². The molecule has 0 bridgehead atoms. The van der Waals surface area contributed by atoms with Gasteiger partial charge in [0.05, 0.1) is 6.61 Å². The number of ether oxygens (including phenoxy) is 1. The van der Waals surface area contributed by atoms with E-state index in [9.17, 15) is 0 Å². The zero-order valence-electron chi connectivity index (χ0n) is 10.6. The molecule has 0 aliphatic rings. The van der Waals surface area contributed by atoms with Crippen LogP contribution in [0.4, 0.5) is 0 Å². The van der Waals surface area contributed by atoms with Crippen molar-refractivity contribution in [2.75, 3.05) is 38.0 Å². The highest BCUT2D eigenvalue weighted by Gasteiger charge is 1.97. The van der Waals surface area contributed by atoms with Gasteiger partial charge in [0.25, 0.3) is 0 Å². The summed E-state index contributed by atoms with van der Waals surface area (Å²) in [5.74, 6) is 2.39. The molecule has 0 radical (unpaired) electrons. The lowest BCUT2D eigenvalue weighted by molar-refractivity contribution is 0.199. The molecule has 1 N–H and O–H groups in total. The van der Waals surface area contributed by atoms with Gasteiger partial charge in [0.1, 0.15) is 0 Å². The van der Waals surface area contributed by atoms with Crippen LogP contribution in [0.3, 0.4) is 0 Å². The molecular formula is C13H21NOS2. The molecule has 96 valence electrons. The highest BCUT2D eigenvalue weighted by atomic mass is 32.2. The molecule has 17 heavy (non-hydrogen) atoms. The molecule has 0 fully saturated rings. The van der Waals surface area contributed by atoms with Crippen LogP contribution in [0.2, 0.25) is 0 Å². The van der Waals surface area contributed by atoms with Crippen molar-refractivity contribution >= 4 is 23.5 Å². The maximum atomic E-state index is 5.00. The summed E-state index contributed by atoms with van der Waals surface area (Å²) in [6, 6.07) is 8.75. The lowest BCUT2D eigenvalue weighted by Gasteiger charge is -2.06. The fourth-order valence-corrected chi connectivity index (χ4v) is 3.04. The van der Waals surface area contributed by atoms with Gasteiger partial charge >= 0.3 is 0 Å². The van der Waals surface area contributed by atoms with Crippen LogP contribution < -0.4 is 5.32 Å².